The van der Waals surface area contributed by atoms with Gasteiger partial charge in [-0.15, -0.1) is 0 Å². The minimum atomic E-state index is -0.227. The molecule has 0 aliphatic heterocycles. The van der Waals surface area contributed by atoms with E-state index in [1.807, 2.05) is 0 Å². The van der Waals surface area contributed by atoms with Crippen LogP contribution in [0.2, 0.25) is 0 Å². The standard InChI is InChI=1S/C19H33N3O3/c1-5-7-12-22(13-8-6-2)14-11-20-19(23)21-17-10-9-16(24-3)15-18(17)25-4/h9-10,15H,5-8,11-14H2,1-4H3,(H2,20,21,23). The lowest BCUT2D eigenvalue weighted by Crippen LogP contribution is -2.37. The van der Waals surface area contributed by atoms with Crippen molar-refractivity contribution in [1.29, 1.82) is 0 Å². The lowest BCUT2D eigenvalue weighted by atomic mass is 10.2. The lowest BCUT2D eigenvalue weighted by Gasteiger charge is -2.22. The number of nitrogens with one attached hydrogen (secondary N) is 2. The van der Waals surface area contributed by atoms with E-state index in [2.05, 4.69) is 29.4 Å². The van der Waals surface area contributed by atoms with Crippen molar-refractivity contribution in [3.8, 4) is 11.5 Å². The Balaban J connectivity index is 2.45. The van der Waals surface area contributed by atoms with Crippen molar-refractivity contribution in [3.63, 3.8) is 0 Å². The molecule has 6 heteroatoms. The topological polar surface area (TPSA) is 62.8 Å². The van der Waals surface area contributed by atoms with Crippen LogP contribution in [0.5, 0.6) is 11.5 Å². The first-order chi connectivity index (χ1) is 12.1. The summed E-state index contributed by atoms with van der Waals surface area (Å²) in [5, 5.41) is 5.74. The van der Waals surface area contributed by atoms with Gasteiger partial charge in [0.25, 0.3) is 0 Å². The second-order valence-corrected chi connectivity index (χ2v) is 6.00. The predicted molar refractivity (Wildman–Crippen MR) is 103 cm³/mol. The molecule has 0 saturated carbocycles. The molecule has 0 saturated heterocycles. The molecule has 1 rings (SSSR count). The number of carbonyl (C=O) groups excluding carboxylic acids is 1. The van der Waals surface area contributed by atoms with Crippen molar-refractivity contribution in [3.05, 3.63) is 18.2 Å². The third kappa shape index (κ3) is 8.12. The zero-order chi connectivity index (χ0) is 18.5. The number of ether oxygens (including phenoxy) is 2. The summed E-state index contributed by atoms with van der Waals surface area (Å²) in [7, 11) is 3.16. The van der Waals surface area contributed by atoms with Crippen molar-refractivity contribution in [2.75, 3.05) is 45.7 Å². The number of rotatable bonds is 12. The van der Waals surface area contributed by atoms with Gasteiger partial charge >= 0.3 is 6.03 Å². The van der Waals surface area contributed by atoms with Gasteiger partial charge in [0.15, 0.2) is 0 Å². The number of benzene rings is 1. The third-order valence-corrected chi connectivity index (χ3v) is 4.03. The number of methoxy groups -OCH3 is 2. The zero-order valence-corrected chi connectivity index (χ0v) is 16.1. The van der Waals surface area contributed by atoms with Gasteiger partial charge in [0.1, 0.15) is 11.5 Å². The van der Waals surface area contributed by atoms with Crippen LogP contribution in [0.1, 0.15) is 39.5 Å². The summed E-state index contributed by atoms with van der Waals surface area (Å²) >= 11 is 0. The fourth-order valence-electron chi connectivity index (χ4n) is 2.49. The number of anilines is 1. The summed E-state index contributed by atoms with van der Waals surface area (Å²) in [6, 6.07) is 5.07. The van der Waals surface area contributed by atoms with E-state index >= 15 is 0 Å². The third-order valence-electron chi connectivity index (χ3n) is 4.03. The normalized spacial score (nSPS) is 10.6. The van der Waals surface area contributed by atoms with Crippen LogP contribution in [0, 0.1) is 0 Å². The summed E-state index contributed by atoms with van der Waals surface area (Å²) in [4.78, 5) is 14.5. The first kappa shape index (κ1) is 21.1. The molecule has 0 spiro atoms. The van der Waals surface area contributed by atoms with Gasteiger partial charge in [0.2, 0.25) is 0 Å². The van der Waals surface area contributed by atoms with Crippen LogP contribution in [0.4, 0.5) is 10.5 Å². The van der Waals surface area contributed by atoms with Crippen LogP contribution in [0.3, 0.4) is 0 Å². The van der Waals surface area contributed by atoms with Crippen LogP contribution < -0.4 is 20.1 Å². The second-order valence-electron chi connectivity index (χ2n) is 6.00. The van der Waals surface area contributed by atoms with Crippen LogP contribution in [0.25, 0.3) is 0 Å². The molecule has 1 aromatic carbocycles. The Morgan fingerprint density at radius 3 is 2.28 bits per heavy atom. The summed E-state index contributed by atoms with van der Waals surface area (Å²) in [5.41, 5.74) is 0.620. The molecule has 0 fully saturated rings. The number of hydrogen-bond acceptors (Lipinski definition) is 4. The molecule has 0 bridgehead atoms. The summed E-state index contributed by atoms with van der Waals surface area (Å²) in [6.45, 7) is 8.07. The SMILES string of the molecule is CCCCN(CCCC)CCNC(=O)Nc1ccc(OC)cc1OC. The molecule has 0 aliphatic carbocycles. The highest BCUT2D eigenvalue weighted by molar-refractivity contribution is 5.91. The molecule has 0 aromatic heterocycles. The van der Waals surface area contributed by atoms with E-state index in [1.54, 1.807) is 32.4 Å². The van der Waals surface area contributed by atoms with E-state index in [9.17, 15) is 4.79 Å². The van der Waals surface area contributed by atoms with Crippen LogP contribution in [-0.4, -0.2) is 51.3 Å². The Kier molecular flexibility index (Phi) is 10.5. The van der Waals surface area contributed by atoms with E-state index in [0.29, 0.717) is 23.7 Å². The molecule has 2 N–H and O–H groups in total. The van der Waals surface area contributed by atoms with E-state index in [0.717, 1.165) is 19.6 Å². The molecule has 25 heavy (non-hydrogen) atoms. The van der Waals surface area contributed by atoms with E-state index in [-0.39, 0.29) is 6.03 Å². The largest absolute Gasteiger partial charge is 0.497 e. The second kappa shape index (κ2) is 12.4. The van der Waals surface area contributed by atoms with Crippen LogP contribution >= 0.6 is 0 Å². The minimum absolute atomic E-state index is 0.227. The number of unbranched alkanes of at least 4 members (excludes halogenated alkanes) is 2. The molecule has 142 valence electrons. The molecular formula is C19H33N3O3. The number of nitrogens with zero attached hydrogens (tertiary/aromatic N) is 1. The molecule has 0 heterocycles. The highest BCUT2D eigenvalue weighted by atomic mass is 16.5. The Morgan fingerprint density at radius 2 is 1.72 bits per heavy atom. The van der Waals surface area contributed by atoms with Crippen molar-refractivity contribution in [2.45, 2.75) is 39.5 Å². The zero-order valence-electron chi connectivity index (χ0n) is 16.1. The van der Waals surface area contributed by atoms with Gasteiger partial charge in [-0.1, -0.05) is 26.7 Å². The highest BCUT2D eigenvalue weighted by Gasteiger charge is 2.09. The maximum Gasteiger partial charge on any atom is 0.319 e. The summed E-state index contributed by atoms with van der Waals surface area (Å²) < 4.78 is 10.4. The Labute approximate surface area is 151 Å². The van der Waals surface area contributed by atoms with Gasteiger partial charge in [-0.05, 0) is 38.1 Å². The molecule has 1 aromatic rings. The smallest absolute Gasteiger partial charge is 0.319 e. The first-order valence-corrected chi connectivity index (χ1v) is 9.13. The Bertz CT molecular complexity index is 501. The number of carbonyl (C=O) groups is 1. The van der Waals surface area contributed by atoms with Crippen molar-refractivity contribution < 1.29 is 14.3 Å². The molecule has 0 unspecified atom stereocenters. The fraction of sp³-hybridized carbons (Fsp3) is 0.632. The van der Waals surface area contributed by atoms with Gasteiger partial charge in [-0.25, -0.2) is 4.79 Å². The number of hydrogen-bond donors (Lipinski definition) is 2. The minimum Gasteiger partial charge on any atom is -0.497 e. The quantitative estimate of drug-likeness (QED) is 0.602. The maximum atomic E-state index is 12.1. The molecule has 2 amide bonds. The molecule has 0 radical (unpaired) electrons. The van der Waals surface area contributed by atoms with Crippen LogP contribution in [-0.2, 0) is 0 Å². The monoisotopic (exact) mass is 351 g/mol. The van der Waals surface area contributed by atoms with Crippen LogP contribution in [0.15, 0.2) is 18.2 Å². The van der Waals surface area contributed by atoms with Gasteiger partial charge in [-0.2, -0.15) is 0 Å². The van der Waals surface area contributed by atoms with Gasteiger partial charge < -0.3 is 25.0 Å². The maximum absolute atomic E-state index is 12.1. The average molecular weight is 351 g/mol. The average Bonchev–Trinajstić information content (AvgIpc) is 2.63. The number of urea groups is 1. The van der Waals surface area contributed by atoms with Crippen molar-refractivity contribution in [1.82, 2.24) is 10.2 Å². The van der Waals surface area contributed by atoms with E-state index in [4.69, 9.17) is 9.47 Å². The molecule has 6 nitrogen and oxygen atoms in total. The lowest BCUT2D eigenvalue weighted by molar-refractivity contribution is 0.242. The molecular weight excluding hydrogens is 318 g/mol. The number of amides is 2. The van der Waals surface area contributed by atoms with Crippen molar-refractivity contribution in [2.24, 2.45) is 0 Å². The van der Waals surface area contributed by atoms with Gasteiger partial charge in [0, 0.05) is 19.2 Å². The predicted octanol–water partition coefficient (Wildman–Crippen LogP) is 3.73. The summed E-state index contributed by atoms with van der Waals surface area (Å²) in [6.07, 6.45) is 4.76. The summed E-state index contributed by atoms with van der Waals surface area (Å²) in [5.74, 6) is 1.26. The Hall–Kier alpha value is -1.95. The van der Waals surface area contributed by atoms with E-state index < -0.39 is 0 Å². The van der Waals surface area contributed by atoms with E-state index in [1.165, 1.54) is 25.7 Å². The molecule has 0 aliphatic rings. The van der Waals surface area contributed by atoms with Gasteiger partial charge in [0.05, 0.1) is 19.9 Å². The van der Waals surface area contributed by atoms with Gasteiger partial charge in [-0.3, -0.25) is 0 Å². The Morgan fingerprint density at radius 1 is 1.04 bits per heavy atom. The highest BCUT2D eigenvalue weighted by Crippen LogP contribution is 2.28. The first-order valence-electron chi connectivity index (χ1n) is 9.13. The van der Waals surface area contributed by atoms with Crippen molar-refractivity contribution >= 4 is 11.7 Å². The molecule has 0 atom stereocenters. The fourth-order valence-corrected chi connectivity index (χ4v) is 2.49.